The third kappa shape index (κ3) is 2.70. The second-order valence-electron chi connectivity index (χ2n) is 3.61. The van der Waals surface area contributed by atoms with Crippen LogP contribution in [0.2, 0.25) is 0 Å². The lowest BCUT2D eigenvalue weighted by atomic mass is 10.1. The average molecular weight is 186 g/mol. The average Bonchev–Trinajstić information content (AvgIpc) is 2.19. The summed E-state index contributed by atoms with van der Waals surface area (Å²) < 4.78 is 0. The van der Waals surface area contributed by atoms with Gasteiger partial charge in [0.25, 0.3) is 0 Å². The number of aromatic nitrogens is 1. The lowest BCUT2D eigenvalue weighted by molar-refractivity contribution is 1.02. The molecule has 72 valence electrons. The quantitative estimate of drug-likeness (QED) is 0.666. The molecule has 0 spiro atoms. The monoisotopic (exact) mass is 186 g/mol. The maximum absolute atomic E-state index is 8.60. The van der Waals surface area contributed by atoms with E-state index in [2.05, 4.69) is 31.8 Å². The second-order valence-corrected chi connectivity index (χ2v) is 3.61. The molecular weight excluding hydrogens is 172 g/mol. The normalized spacial score (nSPS) is 9.29. The zero-order valence-electron chi connectivity index (χ0n) is 8.83. The van der Waals surface area contributed by atoms with E-state index >= 15 is 0 Å². The molecule has 1 heterocycles. The molecular formula is C12H14N2. The van der Waals surface area contributed by atoms with Crippen LogP contribution in [0.5, 0.6) is 0 Å². The molecule has 0 N–H and O–H groups in total. The summed E-state index contributed by atoms with van der Waals surface area (Å²) in [5, 5.41) is 8.60. The topological polar surface area (TPSA) is 36.7 Å². The molecule has 0 aliphatic carbocycles. The van der Waals surface area contributed by atoms with Crippen LogP contribution < -0.4 is 0 Å². The van der Waals surface area contributed by atoms with Gasteiger partial charge in [0.2, 0.25) is 0 Å². The summed E-state index contributed by atoms with van der Waals surface area (Å²) in [6.07, 6.45) is 2.49. The molecule has 0 radical (unpaired) electrons. The first kappa shape index (κ1) is 10.5. The number of allylic oxidation sites excluding steroid dienone is 2. The molecule has 0 bridgehead atoms. The van der Waals surface area contributed by atoms with Crippen molar-refractivity contribution in [3.8, 4) is 6.07 Å². The van der Waals surface area contributed by atoms with Crippen LogP contribution in [0.3, 0.4) is 0 Å². The van der Waals surface area contributed by atoms with Gasteiger partial charge in [-0.25, -0.2) is 0 Å². The van der Waals surface area contributed by atoms with Gasteiger partial charge >= 0.3 is 0 Å². The Labute approximate surface area is 84.9 Å². The second kappa shape index (κ2) is 4.57. The third-order valence-corrected chi connectivity index (χ3v) is 2.25. The lowest BCUT2D eigenvalue weighted by Gasteiger charge is -2.02. The van der Waals surface area contributed by atoms with Crippen molar-refractivity contribution in [3.63, 3.8) is 0 Å². The fourth-order valence-electron chi connectivity index (χ4n) is 1.04. The lowest BCUT2D eigenvalue weighted by Crippen LogP contribution is -1.93. The van der Waals surface area contributed by atoms with Gasteiger partial charge in [-0.1, -0.05) is 11.1 Å². The summed E-state index contributed by atoms with van der Waals surface area (Å²) in [6, 6.07) is 5.77. The van der Waals surface area contributed by atoms with Crippen LogP contribution in [0.15, 0.2) is 29.5 Å². The molecule has 0 aliphatic heterocycles. The molecule has 1 rings (SSSR count). The van der Waals surface area contributed by atoms with E-state index in [1.165, 1.54) is 11.1 Å². The van der Waals surface area contributed by atoms with E-state index in [-0.39, 0.29) is 0 Å². The van der Waals surface area contributed by atoms with Gasteiger partial charge in [0.1, 0.15) is 6.07 Å². The summed E-state index contributed by atoms with van der Waals surface area (Å²) >= 11 is 0. The van der Waals surface area contributed by atoms with Gasteiger partial charge in [0.15, 0.2) is 0 Å². The highest BCUT2D eigenvalue weighted by molar-refractivity contribution is 5.27. The molecule has 2 nitrogen and oxygen atoms in total. The van der Waals surface area contributed by atoms with Crippen molar-refractivity contribution < 1.29 is 0 Å². The fourth-order valence-corrected chi connectivity index (χ4v) is 1.04. The SMILES string of the molecule is CC(C)=C(C)Cc1ccc(C#N)cn1. The van der Waals surface area contributed by atoms with Crippen LogP contribution in [0.25, 0.3) is 0 Å². The number of hydrogen-bond acceptors (Lipinski definition) is 2. The predicted octanol–water partition coefficient (Wildman–Crippen LogP) is 2.85. The highest BCUT2D eigenvalue weighted by atomic mass is 14.7. The largest absolute Gasteiger partial charge is 0.260 e. The van der Waals surface area contributed by atoms with Crippen molar-refractivity contribution in [1.29, 1.82) is 5.26 Å². The molecule has 0 aliphatic rings. The number of hydrogen-bond donors (Lipinski definition) is 0. The summed E-state index contributed by atoms with van der Waals surface area (Å²) in [5.41, 5.74) is 4.30. The first-order valence-corrected chi connectivity index (χ1v) is 4.61. The van der Waals surface area contributed by atoms with Crippen LogP contribution in [-0.2, 0) is 6.42 Å². The first-order chi connectivity index (χ1) is 6.63. The zero-order chi connectivity index (χ0) is 10.6. The minimum Gasteiger partial charge on any atom is -0.260 e. The van der Waals surface area contributed by atoms with Crippen LogP contribution in [0, 0.1) is 11.3 Å². The Balaban J connectivity index is 2.81. The maximum atomic E-state index is 8.60. The van der Waals surface area contributed by atoms with Crippen molar-refractivity contribution >= 4 is 0 Å². The smallest absolute Gasteiger partial charge is 0.101 e. The molecule has 1 aromatic rings. The van der Waals surface area contributed by atoms with Gasteiger partial charge in [0, 0.05) is 18.3 Å². The Bertz CT molecular complexity index is 376. The minimum atomic E-state index is 0.614. The van der Waals surface area contributed by atoms with Crippen LogP contribution in [0.1, 0.15) is 32.0 Å². The highest BCUT2D eigenvalue weighted by Crippen LogP contribution is 2.09. The fraction of sp³-hybridized carbons (Fsp3) is 0.333. The molecule has 0 unspecified atom stereocenters. The summed E-state index contributed by atoms with van der Waals surface area (Å²) in [7, 11) is 0. The van der Waals surface area contributed by atoms with Crippen LogP contribution in [-0.4, -0.2) is 4.98 Å². The van der Waals surface area contributed by atoms with E-state index in [0.29, 0.717) is 5.56 Å². The zero-order valence-corrected chi connectivity index (χ0v) is 8.83. The van der Waals surface area contributed by atoms with Gasteiger partial charge in [-0.15, -0.1) is 0 Å². The van der Waals surface area contributed by atoms with Crippen LogP contribution in [0.4, 0.5) is 0 Å². The highest BCUT2D eigenvalue weighted by Gasteiger charge is 1.98. The van der Waals surface area contributed by atoms with Crippen molar-refractivity contribution in [2.45, 2.75) is 27.2 Å². The number of nitriles is 1. The molecule has 0 saturated heterocycles. The van der Waals surface area contributed by atoms with Gasteiger partial charge in [-0.3, -0.25) is 4.98 Å². The molecule has 2 heteroatoms. The van der Waals surface area contributed by atoms with Crippen molar-refractivity contribution in [1.82, 2.24) is 4.98 Å². The van der Waals surface area contributed by atoms with Gasteiger partial charge in [-0.2, -0.15) is 5.26 Å². The van der Waals surface area contributed by atoms with Gasteiger partial charge < -0.3 is 0 Å². The van der Waals surface area contributed by atoms with E-state index in [9.17, 15) is 0 Å². The number of rotatable bonds is 2. The van der Waals surface area contributed by atoms with E-state index in [0.717, 1.165) is 12.1 Å². The van der Waals surface area contributed by atoms with E-state index < -0.39 is 0 Å². The van der Waals surface area contributed by atoms with Crippen molar-refractivity contribution in [2.24, 2.45) is 0 Å². The Morgan fingerprint density at radius 2 is 2.07 bits per heavy atom. The molecule has 0 amide bonds. The molecule has 0 saturated carbocycles. The van der Waals surface area contributed by atoms with Crippen molar-refractivity contribution in [2.75, 3.05) is 0 Å². The Morgan fingerprint density at radius 1 is 1.36 bits per heavy atom. The van der Waals surface area contributed by atoms with Gasteiger partial charge in [0.05, 0.1) is 5.56 Å². The van der Waals surface area contributed by atoms with E-state index in [4.69, 9.17) is 5.26 Å². The minimum absolute atomic E-state index is 0.614. The molecule has 0 aromatic carbocycles. The number of pyridine rings is 1. The number of nitrogens with zero attached hydrogens (tertiary/aromatic N) is 2. The Morgan fingerprint density at radius 3 is 2.50 bits per heavy atom. The van der Waals surface area contributed by atoms with Crippen LogP contribution >= 0.6 is 0 Å². The van der Waals surface area contributed by atoms with E-state index in [1.807, 2.05) is 6.07 Å². The standard InChI is InChI=1S/C12H14N2/c1-9(2)10(3)6-12-5-4-11(7-13)8-14-12/h4-5,8H,6H2,1-3H3. The first-order valence-electron chi connectivity index (χ1n) is 4.61. The van der Waals surface area contributed by atoms with Gasteiger partial charge in [-0.05, 0) is 32.9 Å². The summed E-state index contributed by atoms with van der Waals surface area (Å²) in [6.45, 7) is 6.30. The molecule has 1 aromatic heterocycles. The Hall–Kier alpha value is -1.62. The maximum Gasteiger partial charge on any atom is 0.101 e. The summed E-state index contributed by atoms with van der Waals surface area (Å²) in [5.74, 6) is 0. The predicted molar refractivity (Wildman–Crippen MR) is 56.7 cm³/mol. The third-order valence-electron chi connectivity index (χ3n) is 2.25. The molecule has 14 heavy (non-hydrogen) atoms. The Kier molecular flexibility index (Phi) is 3.41. The van der Waals surface area contributed by atoms with E-state index in [1.54, 1.807) is 12.3 Å². The molecule has 0 atom stereocenters. The summed E-state index contributed by atoms with van der Waals surface area (Å²) in [4.78, 5) is 4.22. The molecule has 0 fully saturated rings. The van der Waals surface area contributed by atoms with Crippen molar-refractivity contribution in [3.05, 3.63) is 40.7 Å².